The normalized spacial score (nSPS) is 21.3. The molecule has 19 heavy (non-hydrogen) atoms. The highest BCUT2D eigenvalue weighted by Gasteiger charge is 2.31. The van der Waals surface area contributed by atoms with Gasteiger partial charge in [-0.1, -0.05) is 28.1 Å². The predicted molar refractivity (Wildman–Crippen MR) is 88.8 cm³/mol. The molecule has 1 aliphatic rings. The average molecular weight is 343 g/mol. The number of hydrogen-bond donors (Lipinski definition) is 1. The molecule has 0 aromatic heterocycles. The first kappa shape index (κ1) is 15.4. The van der Waals surface area contributed by atoms with Crippen molar-refractivity contribution in [2.24, 2.45) is 5.73 Å². The molecule has 1 fully saturated rings. The molecule has 2 nitrogen and oxygen atoms in total. The molecule has 0 aliphatic carbocycles. The van der Waals surface area contributed by atoms with E-state index in [0.717, 1.165) is 13.1 Å². The van der Waals surface area contributed by atoms with Gasteiger partial charge in [0.2, 0.25) is 0 Å². The molecule has 4 heteroatoms. The van der Waals surface area contributed by atoms with Crippen LogP contribution in [0.4, 0.5) is 0 Å². The van der Waals surface area contributed by atoms with Crippen LogP contribution in [0.15, 0.2) is 22.7 Å². The zero-order valence-corrected chi connectivity index (χ0v) is 14.4. The van der Waals surface area contributed by atoms with Crippen molar-refractivity contribution in [1.29, 1.82) is 0 Å². The van der Waals surface area contributed by atoms with Crippen molar-refractivity contribution >= 4 is 27.7 Å². The van der Waals surface area contributed by atoms with Crippen LogP contribution < -0.4 is 5.73 Å². The van der Waals surface area contributed by atoms with E-state index >= 15 is 0 Å². The predicted octanol–water partition coefficient (Wildman–Crippen LogP) is 3.58. The lowest BCUT2D eigenvalue weighted by molar-refractivity contribution is 0.192. The summed E-state index contributed by atoms with van der Waals surface area (Å²) in [5.74, 6) is 1.19. The second kappa shape index (κ2) is 6.17. The van der Waals surface area contributed by atoms with Crippen LogP contribution >= 0.6 is 27.7 Å². The molecule has 0 saturated carbocycles. The highest BCUT2D eigenvalue weighted by atomic mass is 79.9. The number of benzene rings is 1. The molecule has 1 aromatic carbocycles. The number of halogens is 1. The second-order valence-corrected chi connectivity index (χ2v) is 8.50. The van der Waals surface area contributed by atoms with E-state index < -0.39 is 0 Å². The number of thioether (sulfide) groups is 1. The summed E-state index contributed by atoms with van der Waals surface area (Å²) < 4.78 is 1.50. The van der Waals surface area contributed by atoms with Crippen molar-refractivity contribution in [3.8, 4) is 0 Å². The molecule has 0 radical (unpaired) electrons. The lowest BCUT2D eigenvalue weighted by Gasteiger charge is -2.41. The number of rotatable bonds is 3. The summed E-state index contributed by atoms with van der Waals surface area (Å²) in [6, 6.07) is 6.93. The molecular formula is C15H23BrN2S. The molecule has 0 bridgehead atoms. The van der Waals surface area contributed by atoms with Crippen LogP contribution in [0.3, 0.4) is 0 Å². The van der Waals surface area contributed by atoms with E-state index in [1.807, 2.05) is 0 Å². The number of nitrogens with two attached hydrogens (primary N) is 1. The van der Waals surface area contributed by atoms with Crippen LogP contribution in [-0.2, 0) is 0 Å². The zero-order chi connectivity index (χ0) is 14.0. The van der Waals surface area contributed by atoms with Crippen LogP contribution in [0, 0.1) is 6.92 Å². The third-order valence-electron chi connectivity index (χ3n) is 3.69. The van der Waals surface area contributed by atoms with Crippen LogP contribution in [-0.4, -0.2) is 35.0 Å². The Balaban J connectivity index is 2.21. The lowest BCUT2D eigenvalue weighted by Crippen LogP contribution is -2.46. The standard InChI is InChI=1S/C15H23BrN2S/c1-11-8-12(4-5-13(11)16)14(9-17)18-6-7-19-15(2,3)10-18/h4-5,8,14H,6-7,9-10,17H2,1-3H3. The van der Waals surface area contributed by atoms with Gasteiger partial charge in [0.05, 0.1) is 0 Å². The highest BCUT2D eigenvalue weighted by Crippen LogP contribution is 2.34. The summed E-state index contributed by atoms with van der Waals surface area (Å²) in [6.07, 6.45) is 0. The minimum absolute atomic E-state index is 0.329. The molecule has 106 valence electrons. The van der Waals surface area contributed by atoms with Gasteiger partial charge in [0.1, 0.15) is 0 Å². The van der Waals surface area contributed by atoms with Gasteiger partial charge in [0, 0.05) is 40.6 Å². The van der Waals surface area contributed by atoms with Gasteiger partial charge in [-0.05, 0) is 38.0 Å². The summed E-state index contributed by atoms with van der Waals surface area (Å²) in [4.78, 5) is 2.54. The van der Waals surface area contributed by atoms with Gasteiger partial charge in [0.25, 0.3) is 0 Å². The van der Waals surface area contributed by atoms with Crippen molar-refractivity contribution in [2.45, 2.75) is 31.6 Å². The summed E-state index contributed by atoms with van der Waals surface area (Å²) in [5.41, 5.74) is 8.67. The first-order valence-corrected chi connectivity index (χ1v) is 8.55. The second-order valence-electron chi connectivity index (χ2n) is 5.84. The minimum Gasteiger partial charge on any atom is -0.329 e. The Morgan fingerprint density at radius 3 is 2.79 bits per heavy atom. The number of hydrogen-bond acceptors (Lipinski definition) is 3. The van der Waals surface area contributed by atoms with E-state index in [1.165, 1.54) is 21.4 Å². The third-order valence-corrected chi connectivity index (χ3v) is 5.87. The van der Waals surface area contributed by atoms with Gasteiger partial charge < -0.3 is 5.73 Å². The third kappa shape index (κ3) is 3.75. The average Bonchev–Trinajstić information content (AvgIpc) is 2.33. The Morgan fingerprint density at radius 2 is 2.21 bits per heavy atom. The Bertz CT molecular complexity index is 448. The fourth-order valence-electron chi connectivity index (χ4n) is 2.69. The largest absolute Gasteiger partial charge is 0.329 e. The fraction of sp³-hybridized carbons (Fsp3) is 0.600. The highest BCUT2D eigenvalue weighted by molar-refractivity contribution is 9.10. The Hall–Kier alpha value is -0.0300. The molecule has 1 atom stereocenters. The molecule has 2 N–H and O–H groups in total. The Morgan fingerprint density at radius 1 is 1.47 bits per heavy atom. The summed E-state index contributed by atoms with van der Waals surface area (Å²) in [6.45, 7) is 9.70. The molecule has 1 heterocycles. The summed E-state index contributed by atoms with van der Waals surface area (Å²) in [7, 11) is 0. The molecule has 1 aromatic rings. The zero-order valence-electron chi connectivity index (χ0n) is 11.9. The van der Waals surface area contributed by atoms with Crippen molar-refractivity contribution in [1.82, 2.24) is 4.90 Å². The molecule has 1 unspecified atom stereocenters. The van der Waals surface area contributed by atoms with Crippen molar-refractivity contribution in [3.05, 3.63) is 33.8 Å². The van der Waals surface area contributed by atoms with Crippen molar-refractivity contribution in [2.75, 3.05) is 25.4 Å². The van der Waals surface area contributed by atoms with E-state index in [4.69, 9.17) is 5.73 Å². The molecule has 1 aliphatic heterocycles. The van der Waals surface area contributed by atoms with E-state index in [2.05, 4.69) is 71.6 Å². The summed E-state index contributed by atoms with van der Waals surface area (Å²) >= 11 is 5.63. The minimum atomic E-state index is 0.329. The molecule has 0 spiro atoms. The maximum atomic E-state index is 6.05. The molecule has 1 saturated heterocycles. The van der Waals surface area contributed by atoms with Crippen LogP contribution in [0.25, 0.3) is 0 Å². The first-order chi connectivity index (χ1) is 8.93. The number of nitrogens with zero attached hydrogens (tertiary/aromatic N) is 1. The first-order valence-electron chi connectivity index (χ1n) is 6.77. The van der Waals surface area contributed by atoms with E-state index in [-0.39, 0.29) is 0 Å². The van der Waals surface area contributed by atoms with Gasteiger partial charge in [-0.15, -0.1) is 0 Å². The van der Waals surface area contributed by atoms with Gasteiger partial charge in [0.15, 0.2) is 0 Å². The van der Waals surface area contributed by atoms with Gasteiger partial charge in [-0.2, -0.15) is 11.8 Å². The Kier molecular flexibility index (Phi) is 4.99. The van der Waals surface area contributed by atoms with Crippen LogP contribution in [0.5, 0.6) is 0 Å². The smallest absolute Gasteiger partial charge is 0.0471 e. The van der Waals surface area contributed by atoms with Crippen molar-refractivity contribution < 1.29 is 0 Å². The molecule has 2 rings (SSSR count). The maximum absolute atomic E-state index is 6.05. The van der Waals surface area contributed by atoms with Gasteiger partial charge in [-0.25, -0.2) is 0 Å². The van der Waals surface area contributed by atoms with Crippen LogP contribution in [0.1, 0.15) is 31.0 Å². The lowest BCUT2D eigenvalue weighted by atomic mass is 10.0. The molecule has 0 amide bonds. The van der Waals surface area contributed by atoms with E-state index in [0.29, 0.717) is 17.3 Å². The topological polar surface area (TPSA) is 29.3 Å². The van der Waals surface area contributed by atoms with Crippen LogP contribution in [0.2, 0.25) is 0 Å². The quantitative estimate of drug-likeness (QED) is 0.910. The Labute approximate surface area is 129 Å². The number of aryl methyl sites for hydroxylation is 1. The fourth-order valence-corrected chi connectivity index (χ4v) is 4.07. The van der Waals surface area contributed by atoms with E-state index in [1.54, 1.807) is 0 Å². The maximum Gasteiger partial charge on any atom is 0.0471 e. The molecular weight excluding hydrogens is 320 g/mol. The monoisotopic (exact) mass is 342 g/mol. The summed E-state index contributed by atoms with van der Waals surface area (Å²) in [5, 5.41) is 0. The SMILES string of the molecule is Cc1cc(C(CN)N2CCSC(C)(C)C2)ccc1Br. The van der Waals surface area contributed by atoms with Gasteiger partial charge >= 0.3 is 0 Å². The van der Waals surface area contributed by atoms with E-state index in [9.17, 15) is 0 Å². The van der Waals surface area contributed by atoms with Crippen molar-refractivity contribution in [3.63, 3.8) is 0 Å². The van der Waals surface area contributed by atoms with Gasteiger partial charge in [-0.3, -0.25) is 4.90 Å².